The summed E-state index contributed by atoms with van der Waals surface area (Å²) in [6.45, 7) is 0.0613. The highest BCUT2D eigenvalue weighted by Gasteiger charge is 2.17. The van der Waals surface area contributed by atoms with Gasteiger partial charge in [0.25, 0.3) is 0 Å². The summed E-state index contributed by atoms with van der Waals surface area (Å²) >= 11 is 3.31. The molecule has 0 saturated heterocycles. The van der Waals surface area contributed by atoms with E-state index in [4.69, 9.17) is 4.74 Å². The van der Waals surface area contributed by atoms with Gasteiger partial charge in [0.2, 0.25) is 9.84 Å². The van der Waals surface area contributed by atoms with Gasteiger partial charge < -0.3 is 4.74 Å². The number of hydrogen-bond acceptors (Lipinski definition) is 4. The van der Waals surface area contributed by atoms with Crippen molar-refractivity contribution in [2.24, 2.45) is 0 Å². The summed E-state index contributed by atoms with van der Waals surface area (Å²) < 4.78 is 31.0. The Hall–Kier alpha value is -2.44. The van der Waals surface area contributed by atoms with E-state index in [2.05, 4.69) is 15.9 Å². The smallest absolute Gasteiger partial charge is 0.339 e. The zero-order valence-corrected chi connectivity index (χ0v) is 16.0. The van der Waals surface area contributed by atoms with Gasteiger partial charge in [0.05, 0.1) is 15.4 Å². The van der Waals surface area contributed by atoms with Crippen molar-refractivity contribution in [3.8, 4) is 0 Å². The van der Waals surface area contributed by atoms with Gasteiger partial charge in [0.15, 0.2) is 0 Å². The van der Waals surface area contributed by atoms with Crippen LogP contribution in [0.5, 0.6) is 0 Å². The summed E-state index contributed by atoms with van der Waals surface area (Å²) in [6, 6.07) is 21.6. The summed E-state index contributed by atoms with van der Waals surface area (Å²) in [5, 5.41) is 0. The monoisotopic (exact) mass is 430 g/mol. The van der Waals surface area contributed by atoms with Crippen LogP contribution in [-0.2, 0) is 21.2 Å². The van der Waals surface area contributed by atoms with Crippen LogP contribution in [0.3, 0.4) is 0 Å². The van der Waals surface area contributed by atoms with Crippen molar-refractivity contribution in [3.63, 3.8) is 0 Å². The molecule has 0 aromatic heterocycles. The molecule has 0 heterocycles. The highest BCUT2D eigenvalue weighted by atomic mass is 79.9. The van der Waals surface area contributed by atoms with E-state index in [1.54, 1.807) is 60.7 Å². The van der Waals surface area contributed by atoms with Gasteiger partial charge >= 0.3 is 5.97 Å². The van der Waals surface area contributed by atoms with Crippen LogP contribution in [0.25, 0.3) is 0 Å². The maximum absolute atomic E-state index is 12.5. The molecule has 3 aromatic carbocycles. The third-order valence-corrected chi connectivity index (χ3v) is 6.23. The standard InChI is InChI=1S/C20H15BrO4S/c21-19-9-5-4-8-18(19)20(22)25-14-15-10-12-17(13-11-15)26(23,24)16-6-2-1-3-7-16/h1-13H,14H2. The predicted molar refractivity (Wildman–Crippen MR) is 102 cm³/mol. The van der Waals surface area contributed by atoms with Crippen molar-refractivity contribution in [2.45, 2.75) is 16.4 Å². The zero-order valence-electron chi connectivity index (χ0n) is 13.6. The van der Waals surface area contributed by atoms with Crippen molar-refractivity contribution in [1.82, 2.24) is 0 Å². The van der Waals surface area contributed by atoms with Crippen molar-refractivity contribution < 1.29 is 17.9 Å². The van der Waals surface area contributed by atoms with Crippen molar-refractivity contribution in [1.29, 1.82) is 0 Å². The highest BCUT2D eigenvalue weighted by molar-refractivity contribution is 9.10. The highest BCUT2D eigenvalue weighted by Crippen LogP contribution is 2.21. The van der Waals surface area contributed by atoms with Gasteiger partial charge in [-0.05, 0) is 57.9 Å². The van der Waals surface area contributed by atoms with Gasteiger partial charge in [-0.2, -0.15) is 0 Å². The summed E-state index contributed by atoms with van der Waals surface area (Å²) in [6.07, 6.45) is 0. The van der Waals surface area contributed by atoms with E-state index in [1.165, 1.54) is 12.1 Å². The van der Waals surface area contributed by atoms with Crippen LogP contribution < -0.4 is 0 Å². The SMILES string of the molecule is O=C(OCc1ccc(S(=O)(=O)c2ccccc2)cc1)c1ccccc1Br. The topological polar surface area (TPSA) is 60.4 Å². The van der Waals surface area contributed by atoms with Gasteiger partial charge in [0, 0.05) is 4.47 Å². The molecule has 0 atom stereocenters. The largest absolute Gasteiger partial charge is 0.457 e. The predicted octanol–water partition coefficient (Wildman–Crippen LogP) is 4.64. The molecule has 0 fully saturated rings. The number of sulfone groups is 1. The van der Waals surface area contributed by atoms with E-state index in [0.717, 1.165) is 0 Å². The molecule has 132 valence electrons. The van der Waals surface area contributed by atoms with Crippen LogP contribution in [0.1, 0.15) is 15.9 Å². The van der Waals surface area contributed by atoms with Gasteiger partial charge in [-0.3, -0.25) is 0 Å². The fourth-order valence-electron chi connectivity index (χ4n) is 2.35. The van der Waals surface area contributed by atoms with Gasteiger partial charge in [-0.15, -0.1) is 0 Å². The Morgan fingerprint density at radius 3 is 2.04 bits per heavy atom. The lowest BCUT2D eigenvalue weighted by Gasteiger charge is -2.08. The molecule has 0 N–H and O–H groups in total. The first-order chi connectivity index (χ1) is 12.5. The summed E-state index contributed by atoms with van der Waals surface area (Å²) in [5.74, 6) is -0.446. The first kappa shape index (κ1) is 18.4. The second-order valence-corrected chi connectivity index (χ2v) is 8.32. The fourth-order valence-corrected chi connectivity index (χ4v) is 4.08. The first-order valence-corrected chi connectivity index (χ1v) is 10.1. The zero-order chi connectivity index (χ0) is 18.6. The molecule has 3 aromatic rings. The van der Waals surface area contributed by atoms with E-state index in [0.29, 0.717) is 15.6 Å². The maximum Gasteiger partial charge on any atom is 0.339 e. The van der Waals surface area contributed by atoms with E-state index in [9.17, 15) is 13.2 Å². The molecule has 0 bridgehead atoms. The number of benzene rings is 3. The second kappa shape index (κ2) is 7.85. The number of carbonyl (C=O) groups is 1. The number of halogens is 1. The van der Waals surface area contributed by atoms with Gasteiger partial charge in [-0.25, -0.2) is 13.2 Å². The van der Waals surface area contributed by atoms with E-state index < -0.39 is 15.8 Å². The minimum Gasteiger partial charge on any atom is -0.457 e. The molecule has 3 rings (SSSR count). The van der Waals surface area contributed by atoms with Crippen LogP contribution >= 0.6 is 15.9 Å². The van der Waals surface area contributed by atoms with E-state index in [-0.39, 0.29) is 16.4 Å². The average molecular weight is 431 g/mol. The lowest BCUT2D eigenvalue weighted by molar-refractivity contribution is 0.0471. The summed E-state index contributed by atoms with van der Waals surface area (Å²) in [7, 11) is -3.55. The van der Waals surface area contributed by atoms with Gasteiger partial charge in [-0.1, -0.05) is 42.5 Å². The van der Waals surface area contributed by atoms with Crippen molar-refractivity contribution in [2.75, 3.05) is 0 Å². The maximum atomic E-state index is 12.5. The number of hydrogen-bond donors (Lipinski definition) is 0. The molecule has 0 saturated carbocycles. The molecule has 0 radical (unpaired) electrons. The Morgan fingerprint density at radius 1 is 0.808 bits per heavy atom. The Kier molecular flexibility index (Phi) is 5.54. The number of ether oxygens (including phenoxy) is 1. The number of carbonyl (C=O) groups excluding carboxylic acids is 1. The Balaban J connectivity index is 1.71. The molecule has 26 heavy (non-hydrogen) atoms. The summed E-state index contributed by atoms with van der Waals surface area (Å²) in [4.78, 5) is 12.5. The molecule has 4 nitrogen and oxygen atoms in total. The normalized spacial score (nSPS) is 11.1. The van der Waals surface area contributed by atoms with Crippen molar-refractivity contribution in [3.05, 3.63) is 94.5 Å². The molecule has 0 amide bonds. The first-order valence-electron chi connectivity index (χ1n) is 7.79. The Bertz CT molecular complexity index is 1010. The summed E-state index contributed by atoms with van der Waals surface area (Å²) in [5.41, 5.74) is 1.15. The molecule has 0 unspecified atom stereocenters. The minimum absolute atomic E-state index is 0.0613. The molecular formula is C20H15BrO4S. The minimum atomic E-state index is -3.55. The molecule has 0 aliphatic heterocycles. The Morgan fingerprint density at radius 2 is 1.38 bits per heavy atom. The van der Waals surface area contributed by atoms with E-state index >= 15 is 0 Å². The van der Waals surface area contributed by atoms with Crippen LogP contribution in [0.15, 0.2) is 93.1 Å². The molecule has 6 heteroatoms. The molecule has 0 aliphatic carbocycles. The molecule has 0 aliphatic rings. The third kappa shape index (κ3) is 4.03. The van der Waals surface area contributed by atoms with E-state index in [1.807, 2.05) is 6.07 Å². The number of rotatable bonds is 5. The second-order valence-electron chi connectivity index (χ2n) is 5.52. The Labute approximate surface area is 160 Å². The lowest BCUT2D eigenvalue weighted by atomic mass is 10.2. The van der Waals surface area contributed by atoms with Crippen molar-refractivity contribution >= 4 is 31.7 Å². The lowest BCUT2D eigenvalue weighted by Crippen LogP contribution is -2.06. The third-order valence-electron chi connectivity index (χ3n) is 3.75. The van der Waals surface area contributed by atoms with Crippen LogP contribution in [0.4, 0.5) is 0 Å². The quantitative estimate of drug-likeness (QED) is 0.553. The molecule has 0 spiro atoms. The average Bonchev–Trinajstić information content (AvgIpc) is 2.67. The fraction of sp³-hybridized carbons (Fsp3) is 0.0500. The van der Waals surface area contributed by atoms with Crippen LogP contribution in [-0.4, -0.2) is 14.4 Å². The van der Waals surface area contributed by atoms with Crippen LogP contribution in [0.2, 0.25) is 0 Å². The number of esters is 1. The molecular weight excluding hydrogens is 416 g/mol. The van der Waals surface area contributed by atoms with Crippen LogP contribution in [0, 0.1) is 0 Å². The van der Waals surface area contributed by atoms with Gasteiger partial charge in [0.1, 0.15) is 6.61 Å².